The summed E-state index contributed by atoms with van der Waals surface area (Å²) in [7, 11) is -2.82. The van der Waals surface area contributed by atoms with Crippen molar-refractivity contribution < 1.29 is 13.2 Å². The molecule has 0 aromatic heterocycles. The van der Waals surface area contributed by atoms with Crippen LogP contribution in [0.2, 0.25) is 0 Å². The summed E-state index contributed by atoms with van der Waals surface area (Å²) in [5.41, 5.74) is 1.17. The molecule has 19 heavy (non-hydrogen) atoms. The molecule has 0 saturated carbocycles. The summed E-state index contributed by atoms with van der Waals surface area (Å²) < 4.78 is 28.1. The van der Waals surface area contributed by atoms with E-state index in [0.717, 1.165) is 18.7 Å². The van der Waals surface area contributed by atoms with Crippen molar-refractivity contribution in [1.29, 1.82) is 0 Å². The van der Waals surface area contributed by atoms with Crippen LogP contribution in [0.3, 0.4) is 0 Å². The molecule has 2 aliphatic rings. The van der Waals surface area contributed by atoms with Crippen molar-refractivity contribution in [2.75, 3.05) is 18.1 Å². The van der Waals surface area contributed by atoms with Gasteiger partial charge in [0.2, 0.25) is 0 Å². The van der Waals surface area contributed by atoms with Gasteiger partial charge < -0.3 is 10.1 Å². The van der Waals surface area contributed by atoms with Crippen LogP contribution in [0.15, 0.2) is 24.3 Å². The Morgan fingerprint density at radius 1 is 1.26 bits per heavy atom. The number of nitrogens with one attached hydrogen (secondary N) is 1. The van der Waals surface area contributed by atoms with Crippen LogP contribution >= 0.6 is 0 Å². The number of rotatable bonds is 4. The highest BCUT2D eigenvalue weighted by Crippen LogP contribution is 2.25. The van der Waals surface area contributed by atoms with Crippen LogP contribution in [-0.2, 0) is 16.3 Å². The zero-order chi connectivity index (χ0) is 13.3. The molecule has 1 atom stereocenters. The van der Waals surface area contributed by atoms with Crippen LogP contribution in [0.1, 0.15) is 18.4 Å². The number of hydrogen-bond acceptors (Lipinski definition) is 4. The molecule has 5 heteroatoms. The van der Waals surface area contributed by atoms with Gasteiger partial charge in [-0.2, -0.15) is 0 Å². The van der Waals surface area contributed by atoms with E-state index in [1.165, 1.54) is 18.4 Å². The Morgan fingerprint density at radius 3 is 2.74 bits per heavy atom. The molecule has 2 aliphatic heterocycles. The maximum absolute atomic E-state index is 11.2. The monoisotopic (exact) mass is 281 g/mol. The van der Waals surface area contributed by atoms with Crippen molar-refractivity contribution in [3.63, 3.8) is 0 Å². The minimum absolute atomic E-state index is 0.156. The van der Waals surface area contributed by atoms with E-state index in [0.29, 0.717) is 6.04 Å². The van der Waals surface area contributed by atoms with Gasteiger partial charge in [0.05, 0.1) is 11.5 Å². The molecule has 2 heterocycles. The fraction of sp³-hybridized carbons (Fsp3) is 0.571. The molecule has 1 aromatic rings. The normalized spacial score (nSPS) is 26.0. The lowest BCUT2D eigenvalue weighted by Gasteiger charge is -2.27. The number of sulfone groups is 1. The number of para-hydroxylation sites is 1. The first-order valence-corrected chi connectivity index (χ1v) is 8.63. The van der Waals surface area contributed by atoms with Crippen LogP contribution < -0.4 is 10.1 Å². The lowest BCUT2D eigenvalue weighted by Crippen LogP contribution is -2.45. The van der Waals surface area contributed by atoms with E-state index in [4.69, 9.17) is 4.74 Å². The summed E-state index contributed by atoms with van der Waals surface area (Å²) in [6, 6.07) is 8.48. The molecule has 1 unspecified atom stereocenters. The number of ether oxygens (including phenoxy) is 1. The highest BCUT2D eigenvalue weighted by molar-refractivity contribution is 7.92. The molecular formula is C14H19NO3S. The van der Waals surface area contributed by atoms with Gasteiger partial charge in [0.25, 0.3) is 0 Å². The van der Waals surface area contributed by atoms with Crippen molar-refractivity contribution in [3.05, 3.63) is 29.8 Å². The molecule has 0 bridgehead atoms. The van der Waals surface area contributed by atoms with Crippen LogP contribution in [0.25, 0.3) is 0 Å². The van der Waals surface area contributed by atoms with Gasteiger partial charge >= 0.3 is 0 Å². The molecule has 0 spiro atoms. The topological polar surface area (TPSA) is 55.4 Å². The zero-order valence-electron chi connectivity index (χ0n) is 10.8. The molecule has 0 radical (unpaired) electrons. The fourth-order valence-electron chi connectivity index (χ4n) is 2.75. The molecule has 104 valence electrons. The van der Waals surface area contributed by atoms with Gasteiger partial charge in [-0.3, -0.25) is 0 Å². The summed E-state index contributed by atoms with van der Waals surface area (Å²) in [6.45, 7) is 1.09. The average molecular weight is 281 g/mol. The third kappa shape index (κ3) is 3.09. The van der Waals surface area contributed by atoms with E-state index in [9.17, 15) is 8.42 Å². The van der Waals surface area contributed by atoms with E-state index in [1.54, 1.807) is 0 Å². The van der Waals surface area contributed by atoms with Crippen molar-refractivity contribution >= 4 is 9.84 Å². The van der Waals surface area contributed by atoms with Gasteiger partial charge in [0.1, 0.15) is 11.9 Å². The Kier molecular flexibility index (Phi) is 3.50. The third-order valence-corrected chi connectivity index (χ3v) is 5.53. The summed E-state index contributed by atoms with van der Waals surface area (Å²) >= 11 is 0. The van der Waals surface area contributed by atoms with Crippen molar-refractivity contribution in [2.24, 2.45) is 0 Å². The van der Waals surface area contributed by atoms with E-state index in [1.807, 2.05) is 18.2 Å². The molecular weight excluding hydrogens is 262 g/mol. The maximum atomic E-state index is 11.2. The highest BCUT2D eigenvalue weighted by atomic mass is 32.2. The SMILES string of the molecule is O=S1(=O)CC(Oc2ccccc2CC2CCCN2)C1. The van der Waals surface area contributed by atoms with Crippen LogP contribution in [0.4, 0.5) is 0 Å². The summed E-state index contributed by atoms with van der Waals surface area (Å²) in [4.78, 5) is 0. The highest BCUT2D eigenvalue weighted by Gasteiger charge is 2.35. The van der Waals surface area contributed by atoms with Crippen molar-refractivity contribution in [3.8, 4) is 5.75 Å². The van der Waals surface area contributed by atoms with Gasteiger partial charge in [0, 0.05) is 6.04 Å². The van der Waals surface area contributed by atoms with Gasteiger partial charge in [-0.25, -0.2) is 8.42 Å². The second-order valence-electron chi connectivity index (χ2n) is 5.42. The van der Waals surface area contributed by atoms with Gasteiger partial charge in [-0.1, -0.05) is 18.2 Å². The lowest BCUT2D eigenvalue weighted by molar-refractivity contribution is 0.227. The second-order valence-corrected chi connectivity index (χ2v) is 7.58. The molecule has 1 N–H and O–H groups in total. The van der Waals surface area contributed by atoms with E-state index >= 15 is 0 Å². The van der Waals surface area contributed by atoms with Crippen molar-refractivity contribution in [2.45, 2.75) is 31.4 Å². The maximum Gasteiger partial charge on any atom is 0.157 e. The smallest absolute Gasteiger partial charge is 0.157 e. The minimum Gasteiger partial charge on any atom is -0.488 e. The summed E-state index contributed by atoms with van der Waals surface area (Å²) in [5.74, 6) is 1.16. The Balaban J connectivity index is 1.67. The Labute approximate surface area is 114 Å². The molecule has 1 aromatic carbocycles. The summed E-state index contributed by atoms with van der Waals surface area (Å²) in [5, 5.41) is 3.48. The Hall–Kier alpha value is -1.07. The van der Waals surface area contributed by atoms with E-state index < -0.39 is 9.84 Å². The first-order chi connectivity index (χ1) is 9.12. The molecule has 2 fully saturated rings. The van der Waals surface area contributed by atoms with Crippen LogP contribution in [-0.4, -0.2) is 38.6 Å². The molecule has 0 aliphatic carbocycles. The first-order valence-electron chi connectivity index (χ1n) is 6.81. The fourth-order valence-corrected chi connectivity index (χ4v) is 3.92. The largest absolute Gasteiger partial charge is 0.488 e. The predicted octanol–water partition coefficient (Wildman–Crippen LogP) is 1.16. The minimum atomic E-state index is -2.82. The van der Waals surface area contributed by atoms with Gasteiger partial charge in [0.15, 0.2) is 9.84 Å². The van der Waals surface area contributed by atoms with Crippen molar-refractivity contribution in [1.82, 2.24) is 5.32 Å². The predicted molar refractivity (Wildman–Crippen MR) is 74.2 cm³/mol. The van der Waals surface area contributed by atoms with Crippen LogP contribution in [0.5, 0.6) is 5.75 Å². The summed E-state index contributed by atoms with van der Waals surface area (Å²) in [6.07, 6.45) is 3.22. The lowest BCUT2D eigenvalue weighted by atomic mass is 10.0. The first kappa shape index (κ1) is 12.9. The Morgan fingerprint density at radius 2 is 2.05 bits per heavy atom. The van der Waals surface area contributed by atoms with Crippen LogP contribution in [0, 0.1) is 0 Å². The van der Waals surface area contributed by atoms with Gasteiger partial charge in [-0.15, -0.1) is 0 Å². The quantitative estimate of drug-likeness (QED) is 0.900. The van der Waals surface area contributed by atoms with E-state index in [-0.39, 0.29) is 17.6 Å². The molecule has 0 amide bonds. The number of hydrogen-bond donors (Lipinski definition) is 1. The van der Waals surface area contributed by atoms with E-state index in [2.05, 4.69) is 11.4 Å². The molecule has 3 rings (SSSR count). The molecule has 4 nitrogen and oxygen atoms in total. The number of benzene rings is 1. The Bertz CT molecular complexity index is 538. The zero-order valence-corrected chi connectivity index (χ0v) is 11.7. The third-order valence-electron chi connectivity index (χ3n) is 3.77. The standard InChI is InChI=1S/C14H19NO3S/c16-19(17)9-13(10-19)18-14-6-2-1-4-11(14)8-12-5-3-7-15-12/h1-2,4,6,12-13,15H,3,5,7-10H2. The average Bonchev–Trinajstić information content (AvgIpc) is 2.82. The second kappa shape index (κ2) is 5.13. The van der Waals surface area contributed by atoms with Gasteiger partial charge in [-0.05, 0) is 37.4 Å². The molecule has 2 saturated heterocycles.